The maximum Gasteiger partial charge on any atom is 0.573 e. The number of rotatable bonds is 6. The van der Waals surface area contributed by atoms with E-state index >= 15 is 0 Å². The molecule has 0 atom stereocenters. The molecule has 0 fully saturated rings. The van der Waals surface area contributed by atoms with Gasteiger partial charge in [0.25, 0.3) is 11.8 Å². The van der Waals surface area contributed by atoms with E-state index in [4.69, 9.17) is 5.11 Å². The van der Waals surface area contributed by atoms with E-state index in [9.17, 15) is 22.8 Å². The minimum absolute atomic E-state index is 0.0274. The second-order valence-corrected chi connectivity index (χ2v) is 7.30. The van der Waals surface area contributed by atoms with Crippen LogP contribution in [0.4, 0.5) is 18.9 Å². The zero-order valence-electron chi connectivity index (χ0n) is 13.5. The number of hydrogen-bond donors (Lipinski definition) is 1. The van der Waals surface area contributed by atoms with Crippen LogP contribution >= 0.6 is 23.1 Å². The second-order valence-electron chi connectivity index (χ2n) is 5.24. The molecule has 3 rings (SSSR count). The molecule has 10 heteroatoms. The number of aliphatic hydroxyl groups is 1. The van der Waals surface area contributed by atoms with Gasteiger partial charge in [-0.15, -0.1) is 36.3 Å². The predicted molar refractivity (Wildman–Crippen MR) is 96.4 cm³/mol. The highest BCUT2D eigenvalue weighted by Gasteiger charge is 2.41. The van der Waals surface area contributed by atoms with E-state index in [1.807, 2.05) is 0 Å². The van der Waals surface area contributed by atoms with Gasteiger partial charge in [0.2, 0.25) is 0 Å². The second kappa shape index (κ2) is 7.75. The molecule has 2 aromatic rings. The highest BCUT2D eigenvalue weighted by atomic mass is 32.2. The van der Waals surface area contributed by atoms with Gasteiger partial charge in [-0.3, -0.25) is 9.59 Å². The fraction of sp³-hybridized carbons (Fsp3) is 0.176. The molecule has 0 spiro atoms. The standard InChI is InChI=1S/C17H12F3NO4S2/c18-17(19,20)25-11-4-1-3-10(9-11)21-15(23)13(12-5-2-7-26-12)14(16(21)24)27-8-6-22/h1-5,7,9,22H,6,8H2. The molecule has 2 heterocycles. The van der Waals surface area contributed by atoms with E-state index in [0.29, 0.717) is 4.88 Å². The minimum Gasteiger partial charge on any atom is -0.406 e. The van der Waals surface area contributed by atoms with Gasteiger partial charge in [-0.05, 0) is 23.6 Å². The van der Waals surface area contributed by atoms with Crippen LogP contribution in [0.25, 0.3) is 5.57 Å². The van der Waals surface area contributed by atoms with Crippen molar-refractivity contribution in [3.63, 3.8) is 0 Å². The molecule has 0 bridgehead atoms. The number of anilines is 1. The van der Waals surface area contributed by atoms with E-state index in [1.165, 1.54) is 23.5 Å². The van der Waals surface area contributed by atoms with Crippen molar-refractivity contribution in [3.05, 3.63) is 51.6 Å². The number of halogens is 3. The molecule has 1 aromatic heterocycles. The number of thiophene rings is 1. The van der Waals surface area contributed by atoms with Crippen molar-refractivity contribution in [3.8, 4) is 5.75 Å². The number of benzene rings is 1. The van der Waals surface area contributed by atoms with E-state index in [0.717, 1.165) is 28.8 Å². The zero-order valence-corrected chi connectivity index (χ0v) is 15.2. The van der Waals surface area contributed by atoms with Gasteiger partial charge in [-0.1, -0.05) is 12.1 Å². The van der Waals surface area contributed by atoms with Crippen LogP contribution in [0, 0.1) is 0 Å². The highest BCUT2D eigenvalue weighted by molar-refractivity contribution is 8.04. The topological polar surface area (TPSA) is 66.8 Å². The lowest BCUT2D eigenvalue weighted by Gasteiger charge is -2.16. The van der Waals surface area contributed by atoms with Crippen molar-refractivity contribution < 1.29 is 32.6 Å². The summed E-state index contributed by atoms with van der Waals surface area (Å²) in [7, 11) is 0. The third-order valence-corrected chi connectivity index (χ3v) is 5.40. The Bertz CT molecular complexity index is 894. The lowest BCUT2D eigenvalue weighted by Crippen LogP contribution is -2.31. The maximum absolute atomic E-state index is 12.9. The Morgan fingerprint density at radius 3 is 2.56 bits per heavy atom. The fourth-order valence-electron chi connectivity index (χ4n) is 2.48. The first-order valence-electron chi connectivity index (χ1n) is 7.58. The number of alkyl halides is 3. The molecule has 1 aliphatic rings. The van der Waals surface area contributed by atoms with Crippen molar-refractivity contribution in [1.82, 2.24) is 0 Å². The molecule has 2 amide bonds. The van der Waals surface area contributed by atoms with Gasteiger partial charge < -0.3 is 9.84 Å². The average molecular weight is 415 g/mol. The van der Waals surface area contributed by atoms with Crippen LogP contribution in [-0.4, -0.2) is 35.6 Å². The molecular formula is C17H12F3NO4S2. The maximum atomic E-state index is 12.9. The Balaban J connectivity index is 1.98. The lowest BCUT2D eigenvalue weighted by molar-refractivity contribution is -0.274. The lowest BCUT2D eigenvalue weighted by atomic mass is 10.2. The molecule has 27 heavy (non-hydrogen) atoms. The average Bonchev–Trinajstić information content (AvgIpc) is 3.18. The molecule has 1 N–H and O–H groups in total. The quantitative estimate of drug-likeness (QED) is 0.730. The smallest absolute Gasteiger partial charge is 0.406 e. The minimum atomic E-state index is -4.89. The Morgan fingerprint density at radius 1 is 1.15 bits per heavy atom. The van der Waals surface area contributed by atoms with Crippen LogP contribution < -0.4 is 9.64 Å². The first kappa shape index (κ1) is 19.5. The molecule has 0 aliphatic carbocycles. The summed E-state index contributed by atoms with van der Waals surface area (Å²) in [5.74, 6) is -1.61. The molecule has 0 radical (unpaired) electrons. The number of aliphatic hydroxyl groups excluding tert-OH is 1. The number of ether oxygens (including phenoxy) is 1. The number of hydrogen-bond acceptors (Lipinski definition) is 6. The van der Waals surface area contributed by atoms with Gasteiger partial charge in [-0.2, -0.15) is 0 Å². The summed E-state index contributed by atoms with van der Waals surface area (Å²) in [6, 6.07) is 8.08. The van der Waals surface area contributed by atoms with Crippen LogP contribution in [0.1, 0.15) is 4.88 Å². The highest BCUT2D eigenvalue weighted by Crippen LogP contribution is 2.40. The number of nitrogens with zero attached hydrogens (tertiary/aromatic N) is 1. The first-order valence-corrected chi connectivity index (χ1v) is 9.45. The van der Waals surface area contributed by atoms with Crippen molar-refractivity contribution >= 4 is 46.2 Å². The molecule has 1 aliphatic heterocycles. The molecule has 142 valence electrons. The summed E-state index contributed by atoms with van der Waals surface area (Å²) < 4.78 is 41.2. The van der Waals surface area contributed by atoms with E-state index < -0.39 is 23.9 Å². The van der Waals surface area contributed by atoms with Crippen LogP contribution in [-0.2, 0) is 9.59 Å². The predicted octanol–water partition coefficient (Wildman–Crippen LogP) is 3.66. The van der Waals surface area contributed by atoms with Gasteiger partial charge >= 0.3 is 6.36 Å². The number of amides is 2. The van der Waals surface area contributed by atoms with E-state index in [-0.39, 0.29) is 28.5 Å². The summed E-state index contributed by atoms with van der Waals surface area (Å²) in [5.41, 5.74) is 0.149. The molecular weight excluding hydrogens is 403 g/mol. The third kappa shape index (κ3) is 4.18. The van der Waals surface area contributed by atoms with Crippen LogP contribution in [0.3, 0.4) is 0 Å². The van der Waals surface area contributed by atoms with E-state index in [1.54, 1.807) is 17.5 Å². The zero-order chi connectivity index (χ0) is 19.6. The molecule has 0 saturated heterocycles. The Morgan fingerprint density at radius 2 is 1.93 bits per heavy atom. The molecule has 0 unspecified atom stereocenters. The van der Waals surface area contributed by atoms with Gasteiger partial charge in [-0.25, -0.2) is 4.90 Å². The summed E-state index contributed by atoms with van der Waals surface area (Å²) in [5, 5.41) is 10.8. The van der Waals surface area contributed by atoms with Crippen LogP contribution in [0.15, 0.2) is 46.7 Å². The number of carbonyl (C=O) groups is 2. The Labute approximate surface area is 160 Å². The van der Waals surface area contributed by atoms with Gasteiger partial charge in [0.05, 0.1) is 22.8 Å². The van der Waals surface area contributed by atoms with E-state index in [2.05, 4.69) is 4.74 Å². The number of carbonyl (C=O) groups excluding carboxylic acids is 2. The summed E-state index contributed by atoms with van der Waals surface area (Å²) in [6.07, 6.45) is -4.89. The first-order chi connectivity index (χ1) is 12.8. The van der Waals surface area contributed by atoms with Gasteiger partial charge in [0, 0.05) is 16.7 Å². The van der Waals surface area contributed by atoms with Crippen LogP contribution in [0.2, 0.25) is 0 Å². The molecule has 0 saturated carbocycles. The summed E-state index contributed by atoms with van der Waals surface area (Å²) in [6.45, 7) is -0.192. The van der Waals surface area contributed by atoms with Gasteiger partial charge in [0.15, 0.2) is 0 Å². The SMILES string of the molecule is O=C1C(SCCO)=C(c2cccs2)C(=O)N1c1cccc(OC(F)(F)F)c1. The Kier molecular flexibility index (Phi) is 5.59. The molecule has 5 nitrogen and oxygen atoms in total. The monoisotopic (exact) mass is 415 g/mol. The Hall–Kier alpha value is -2.30. The number of imide groups is 1. The number of thioether (sulfide) groups is 1. The van der Waals surface area contributed by atoms with Crippen molar-refractivity contribution in [1.29, 1.82) is 0 Å². The molecule has 1 aromatic carbocycles. The fourth-order valence-corrected chi connectivity index (χ4v) is 4.17. The largest absolute Gasteiger partial charge is 0.573 e. The van der Waals surface area contributed by atoms with Crippen molar-refractivity contribution in [2.24, 2.45) is 0 Å². The summed E-state index contributed by atoms with van der Waals surface area (Å²) in [4.78, 5) is 27.2. The van der Waals surface area contributed by atoms with Crippen molar-refractivity contribution in [2.45, 2.75) is 6.36 Å². The van der Waals surface area contributed by atoms with Crippen molar-refractivity contribution in [2.75, 3.05) is 17.3 Å². The third-order valence-electron chi connectivity index (χ3n) is 3.46. The normalized spacial score (nSPS) is 15.0. The van der Waals surface area contributed by atoms with Gasteiger partial charge in [0.1, 0.15) is 5.75 Å². The van der Waals surface area contributed by atoms with Crippen LogP contribution in [0.5, 0.6) is 5.75 Å². The summed E-state index contributed by atoms with van der Waals surface area (Å²) >= 11 is 2.29.